The summed E-state index contributed by atoms with van der Waals surface area (Å²) in [5.41, 5.74) is 6.25. The van der Waals surface area contributed by atoms with Gasteiger partial charge in [0.25, 0.3) is 0 Å². The van der Waals surface area contributed by atoms with Crippen LogP contribution in [-0.2, 0) is 11.2 Å². The third-order valence-corrected chi connectivity index (χ3v) is 2.45. The Morgan fingerprint density at radius 1 is 1.53 bits per heavy atom. The topological polar surface area (TPSA) is 85.3 Å². The summed E-state index contributed by atoms with van der Waals surface area (Å²) in [6.07, 6.45) is 2.53. The average molecular weight is 233 g/mol. The lowest BCUT2D eigenvalue weighted by atomic mass is 10.3. The van der Waals surface area contributed by atoms with Crippen LogP contribution >= 0.6 is 0 Å². The summed E-state index contributed by atoms with van der Waals surface area (Å²) in [5.74, 6) is 0.671. The molecule has 0 saturated heterocycles. The summed E-state index contributed by atoms with van der Waals surface area (Å²) < 4.78 is 1.90. The van der Waals surface area contributed by atoms with Gasteiger partial charge in [0.05, 0.1) is 6.04 Å². The summed E-state index contributed by atoms with van der Waals surface area (Å²) in [4.78, 5) is 11.3. The molecule has 0 radical (unpaired) electrons. The zero-order chi connectivity index (χ0) is 12.3. The van der Waals surface area contributed by atoms with Crippen molar-refractivity contribution in [1.82, 2.24) is 19.9 Å². The third kappa shape index (κ3) is 2.59. The lowest BCUT2D eigenvalue weighted by Crippen LogP contribution is -2.39. The molecule has 17 heavy (non-hydrogen) atoms. The highest BCUT2D eigenvalue weighted by atomic mass is 16.2. The molecule has 2 heterocycles. The first-order chi connectivity index (χ1) is 8.18. The average Bonchev–Trinajstić information content (AvgIpc) is 2.72. The summed E-state index contributed by atoms with van der Waals surface area (Å²) in [7, 11) is 0. The molecule has 0 bridgehead atoms. The number of aromatic nitrogens is 3. The number of nitrogens with two attached hydrogens (primary N) is 1. The van der Waals surface area contributed by atoms with Crippen molar-refractivity contribution in [2.75, 3.05) is 6.54 Å². The SMILES string of the molecule is C[C@H](N)C(=O)NCCc1nnc2ccccn12. The largest absolute Gasteiger partial charge is 0.354 e. The lowest BCUT2D eigenvalue weighted by molar-refractivity contribution is -0.121. The molecule has 2 aromatic rings. The number of nitrogens with one attached hydrogen (secondary N) is 1. The van der Waals surface area contributed by atoms with E-state index < -0.39 is 6.04 Å². The number of pyridine rings is 1. The van der Waals surface area contributed by atoms with Crippen LogP contribution in [0.4, 0.5) is 0 Å². The van der Waals surface area contributed by atoms with Crippen LogP contribution in [0, 0.1) is 0 Å². The molecule has 0 spiro atoms. The van der Waals surface area contributed by atoms with Crippen molar-refractivity contribution >= 4 is 11.6 Å². The zero-order valence-electron chi connectivity index (χ0n) is 9.63. The fourth-order valence-electron chi connectivity index (χ4n) is 1.52. The Kier molecular flexibility index (Phi) is 3.34. The van der Waals surface area contributed by atoms with Crippen LogP contribution in [0.15, 0.2) is 24.4 Å². The van der Waals surface area contributed by atoms with E-state index in [-0.39, 0.29) is 5.91 Å². The molecule has 0 fully saturated rings. The van der Waals surface area contributed by atoms with E-state index >= 15 is 0 Å². The molecule has 3 N–H and O–H groups in total. The predicted octanol–water partition coefficient (Wildman–Crippen LogP) is -0.265. The van der Waals surface area contributed by atoms with Crippen LogP contribution in [0.25, 0.3) is 5.65 Å². The second kappa shape index (κ2) is 4.92. The Morgan fingerprint density at radius 2 is 2.35 bits per heavy atom. The highest BCUT2D eigenvalue weighted by molar-refractivity contribution is 5.80. The van der Waals surface area contributed by atoms with E-state index in [1.54, 1.807) is 6.92 Å². The second-order valence-electron chi connectivity index (χ2n) is 3.87. The number of fused-ring (bicyclic) bond motifs is 1. The number of hydrogen-bond acceptors (Lipinski definition) is 4. The summed E-state index contributed by atoms with van der Waals surface area (Å²) >= 11 is 0. The van der Waals surface area contributed by atoms with E-state index in [4.69, 9.17) is 5.73 Å². The zero-order valence-corrected chi connectivity index (χ0v) is 9.63. The van der Waals surface area contributed by atoms with Gasteiger partial charge in [0, 0.05) is 19.2 Å². The Morgan fingerprint density at radius 3 is 3.12 bits per heavy atom. The van der Waals surface area contributed by atoms with Gasteiger partial charge in [0.15, 0.2) is 5.65 Å². The minimum absolute atomic E-state index is 0.154. The second-order valence-corrected chi connectivity index (χ2v) is 3.87. The molecule has 6 heteroatoms. The molecular formula is C11H15N5O. The maximum Gasteiger partial charge on any atom is 0.236 e. The van der Waals surface area contributed by atoms with Crippen LogP contribution < -0.4 is 11.1 Å². The quantitative estimate of drug-likeness (QED) is 0.761. The van der Waals surface area contributed by atoms with E-state index in [1.807, 2.05) is 28.8 Å². The molecule has 0 aliphatic rings. The fourth-order valence-corrected chi connectivity index (χ4v) is 1.52. The van der Waals surface area contributed by atoms with E-state index in [0.29, 0.717) is 13.0 Å². The summed E-state index contributed by atoms with van der Waals surface area (Å²) in [5, 5.41) is 10.8. The smallest absolute Gasteiger partial charge is 0.236 e. The van der Waals surface area contributed by atoms with Crippen LogP contribution in [0.2, 0.25) is 0 Å². The Bertz CT molecular complexity index is 519. The number of nitrogens with zero attached hydrogens (tertiary/aromatic N) is 3. The lowest BCUT2D eigenvalue weighted by Gasteiger charge is -2.06. The Labute approximate surface area is 98.8 Å². The maximum absolute atomic E-state index is 11.3. The minimum Gasteiger partial charge on any atom is -0.354 e. The first-order valence-electron chi connectivity index (χ1n) is 5.50. The number of carbonyl (C=O) groups excluding carboxylic acids is 1. The van der Waals surface area contributed by atoms with Gasteiger partial charge in [-0.2, -0.15) is 0 Å². The van der Waals surface area contributed by atoms with Crippen LogP contribution in [0.5, 0.6) is 0 Å². The molecule has 0 aliphatic carbocycles. The normalized spacial score (nSPS) is 12.6. The summed E-state index contributed by atoms with van der Waals surface area (Å²) in [6.45, 7) is 2.16. The van der Waals surface area contributed by atoms with Gasteiger partial charge in [-0.25, -0.2) is 0 Å². The van der Waals surface area contributed by atoms with Crippen LogP contribution in [0.1, 0.15) is 12.7 Å². The van der Waals surface area contributed by atoms with Gasteiger partial charge in [-0.15, -0.1) is 10.2 Å². The number of carbonyl (C=O) groups is 1. The molecule has 6 nitrogen and oxygen atoms in total. The van der Waals surface area contributed by atoms with Gasteiger partial charge in [-0.05, 0) is 19.1 Å². The van der Waals surface area contributed by atoms with E-state index in [1.165, 1.54) is 0 Å². The van der Waals surface area contributed by atoms with Crippen LogP contribution in [-0.4, -0.2) is 33.1 Å². The fraction of sp³-hybridized carbons (Fsp3) is 0.364. The van der Waals surface area contributed by atoms with Gasteiger partial charge < -0.3 is 11.1 Å². The van der Waals surface area contributed by atoms with Crippen molar-refractivity contribution < 1.29 is 4.79 Å². The van der Waals surface area contributed by atoms with Crippen LogP contribution in [0.3, 0.4) is 0 Å². The van der Waals surface area contributed by atoms with E-state index in [9.17, 15) is 4.79 Å². The monoisotopic (exact) mass is 233 g/mol. The molecule has 0 aromatic carbocycles. The first kappa shape index (κ1) is 11.5. The Hall–Kier alpha value is -1.95. The minimum atomic E-state index is -0.481. The number of amides is 1. The van der Waals surface area contributed by atoms with Crippen molar-refractivity contribution in [3.63, 3.8) is 0 Å². The van der Waals surface area contributed by atoms with E-state index in [2.05, 4.69) is 15.5 Å². The van der Waals surface area contributed by atoms with Crippen molar-refractivity contribution in [2.24, 2.45) is 5.73 Å². The van der Waals surface area contributed by atoms with Gasteiger partial charge in [0.2, 0.25) is 5.91 Å². The molecule has 1 amide bonds. The summed E-state index contributed by atoms with van der Waals surface area (Å²) in [6, 6.07) is 5.23. The molecule has 1 atom stereocenters. The molecule has 0 saturated carbocycles. The van der Waals surface area contributed by atoms with Gasteiger partial charge in [0.1, 0.15) is 5.82 Å². The Balaban J connectivity index is 1.98. The van der Waals surface area contributed by atoms with Gasteiger partial charge >= 0.3 is 0 Å². The maximum atomic E-state index is 11.3. The van der Waals surface area contributed by atoms with Crippen molar-refractivity contribution in [2.45, 2.75) is 19.4 Å². The van der Waals surface area contributed by atoms with E-state index in [0.717, 1.165) is 11.5 Å². The highest BCUT2D eigenvalue weighted by Gasteiger charge is 2.08. The molecule has 90 valence electrons. The standard InChI is InChI=1S/C11H15N5O/c1-8(12)11(17)13-6-5-10-15-14-9-4-2-3-7-16(9)10/h2-4,7-8H,5-6,12H2,1H3,(H,13,17)/t8-/m0/s1. The molecule has 0 aliphatic heterocycles. The molecular weight excluding hydrogens is 218 g/mol. The third-order valence-electron chi connectivity index (χ3n) is 2.45. The van der Waals surface area contributed by atoms with Crippen molar-refractivity contribution in [1.29, 1.82) is 0 Å². The predicted molar refractivity (Wildman–Crippen MR) is 63.4 cm³/mol. The molecule has 2 rings (SSSR count). The van der Waals surface area contributed by atoms with Crippen molar-refractivity contribution in [3.05, 3.63) is 30.2 Å². The highest BCUT2D eigenvalue weighted by Crippen LogP contribution is 2.02. The van der Waals surface area contributed by atoms with Gasteiger partial charge in [-0.3, -0.25) is 9.20 Å². The molecule has 0 unspecified atom stereocenters. The van der Waals surface area contributed by atoms with Crippen molar-refractivity contribution in [3.8, 4) is 0 Å². The molecule has 2 aromatic heterocycles. The number of hydrogen-bond donors (Lipinski definition) is 2. The van der Waals surface area contributed by atoms with Gasteiger partial charge in [-0.1, -0.05) is 6.07 Å². The first-order valence-corrected chi connectivity index (χ1v) is 5.50. The number of rotatable bonds is 4.